The molecule has 25 heavy (non-hydrogen) atoms. The standard InChI is InChI=1S/C19H21ClN2O2S/c1-13-6-7-18-16(10-13)17-12-21(2)9-8-19(17)22(18)25(23,24)15-5-3-4-14(20)11-15/h3-7,10-11,17,19H,8-9,12H2,1-2H3/p+1/t17-,19+/m1/s1. The van der Waals surface area contributed by atoms with Crippen LogP contribution in [0, 0.1) is 6.92 Å². The number of aryl methyl sites for hydroxylation is 1. The Balaban J connectivity index is 1.87. The van der Waals surface area contributed by atoms with E-state index in [0.29, 0.717) is 5.02 Å². The van der Waals surface area contributed by atoms with E-state index >= 15 is 0 Å². The molecule has 4 nitrogen and oxygen atoms in total. The van der Waals surface area contributed by atoms with Crippen LogP contribution in [0.25, 0.3) is 0 Å². The van der Waals surface area contributed by atoms with Gasteiger partial charge in [0.1, 0.15) is 0 Å². The van der Waals surface area contributed by atoms with Crippen molar-refractivity contribution >= 4 is 27.3 Å². The quantitative estimate of drug-likeness (QED) is 0.872. The number of sulfonamides is 1. The van der Waals surface area contributed by atoms with Gasteiger partial charge in [-0.1, -0.05) is 35.4 Å². The van der Waals surface area contributed by atoms with Gasteiger partial charge in [0.15, 0.2) is 0 Å². The normalized spacial score (nSPS) is 25.6. The molecule has 1 saturated heterocycles. The minimum Gasteiger partial charge on any atom is -0.337 e. The Bertz CT molecular complexity index is 929. The SMILES string of the molecule is Cc1ccc2c(c1)[C@H]1C[NH+](C)CC[C@@H]1N2S(=O)(=O)c1cccc(Cl)c1. The number of hydrogen-bond donors (Lipinski definition) is 1. The summed E-state index contributed by atoms with van der Waals surface area (Å²) in [6.07, 6.45) is 0.865. The van der Waals surface area contributed by atoms with Crippen molar-refractivity contribution in [1.29, 1.82) is 0 Å². The van der Waals surface area contributed by atoms with Crippen molar-refractivity contribution in [3.05, 3.63) is 58.6 Å². The minimum atomic E-state index is -3.64. The molecule has 0 aliphatic carbocycles. The number of hydrogen-bond acceptors (Lipinski definition) is 2. The van der Waals surface area contributed by atoms with Gasteiger partial charge in [-0.3, -0.25) is 4.31 Å². The number of nitrogens with zero attached hydrogens (tertiary/aromatic N) is 1. The topological polar surface area (TPSA) is 41.8 Å². The van der Waals surface area contributed by atoms with Gasteiger partial charge in [-0.2, -0.15) is 0 Å². The summed E-state index contributed by atoms with van der Waals surface area (Å²) in [7, 11) is -1.46. The number of rotatable bonds is 2. The maximum absolute atomic E-state index is 13.4. The Labute approximate surface area is 154 Å². The molecule has 2 aliphatic rings. The molecule has 4 rings (SSSR count). The molecule has 2 aromatic carbocycles. The summed E-state index contributed by atoms with van der Waals surface area (Å²) in [5.74, 6) is 0.248. The van der Waals surface area contributed by atoms with Crippen LogP contribution in [0.1, 0.15) is 23.5 Å². The highest BCUT2D eigenvalue weighted by Gasteiger charge is 2.48. The van der Waals surface area contributed by atoms with Gasteiger partial charge >= 0.3 is 0 Å². The molecule has 6 heteroatoms. The number of anilines is 1. The molecule has 2 heterocycles. The molecule has 1 unspecified atom stereocenters. The lowest BCUT2D eigenvalue weighted by atomic mass is 9.89. The first-order chi connectivity index (χ1) is 11.9. The van der Waals surface area contributed by atoms with Crippen LogP contribution >= 0.6 is 11.6 Å². The first kappa shape index (κ1) is 16.9. The Morgan fingerprint density at radius 3 is 2.76 bits per heavy atom. The molecule has 132 valence electrons. The fourth-order valence-corrected chi connectivity index (χ4v) is 6.25. The average Bonchev–Trinajstić information content (AvgIpc) is 2.88. The summed E-state index contributed by atoms with van der Waals surface area (Å²) in [4.78, 5) is 1.72. The third-order valence-electron chi connectivity index (χ3n) is 5.37. The number of likely N-dealkylation sites (tertiary alicyclic amines) is 1. The lowest BCUT2D eigenvalue weighted by molar-refractivity contribution is -0.886. The van der Waals surface area contributed by atoms with Crippen LogP contribution in [0.5, 0.6) is 0 Å². The Morgan fingerprint density at radius 2 is 2.00 bits per heavy atom. The van der Waals surface area contributed by atoms with Crippen molar-refractivity contribution in [3.63, 3.8) is 0 Å². The Kier molecular flexibility index (Phi) is 4.06. The summed E-state index contributed by atoms with van der Waals surface area (Å²) in [6, 6.07) is 12.7. The molecule has 3 atom stereocenters. The number of piperidine rings is 1. The van der Waals surface area contributed by atoms with Gasteiger partial charge in [-0.05, 0) is 36.8 Å². The summed E-state index contributed by atoms with van der Waals surface area (Å²) in [5.41, 5.74) is 3.16. The first-order valence-electron chi connectivity index (χ1n) is 8.60. The van der Waals surface area contributed by atoms with E-state index in [4.69, 9.17) is 11.6 Å². The number of halogens is 1. The van der Waals surface area contributed by atoms with Crippen LogP contribution < -0.4 is 9.21 Å². The van der Waals surface area contributed by atoms with Crippen LogP contribution in [-0.4, -0.2) is 34.6 Å². The zero-order valence-corrected chi connectivity index (χ0v) is 15.9. The van der Waals surface area contributed by atoms with Crippen LogP contribution in [0.3, 0.4) is 0 Å². The van der Waals surface area contributed by atoms with E-state index in [9.17, 15) is 8.42 Å². The van der Waals surface area contributed by atoms with Crippen molar-refractivity contribution < 1.29 is 13.3 Å². The van der Waals surface area contributed by atoms with Gasteiger partial charge in [0.25, 0.3) is 10.0 Å². The molecule has 2 aliphatic heterocycles. The third kappa shape index (κ3) is 2.75. The highest BCUT2D eigenvalue weighted by molar-refractivity contribution is 7.92. The maximum Gasteiger partial charge on any atom is 0.264 e. The highest BCUT2D eigenvalue weighted by Crippen LogP contribution is 2.45. The average molecular weight is 378 g/mol. The number of quaternary nitrogens is 1. The first-order valence-corrected chi connectivity index (χ1v) is 10.4. The minimum absolute atomic E-state index is 0.00974. The highest BCUT2D eigenvalue weighted by atomic mass is 35.5. The molecule has 1 fully saturated rings. The van der Waals surface area contributed by atoms with E-state index in [1.807, 2.05) is 12.1 Å². The van der Waals surface area contributed by atoms with Crippen molar-refractivity contribution in [2.45, 2.75) is 30.2 Å². The molecule has 0 bridgehead atoms. The number of fused-ring (bicyclic) bond motifs is 3. The molecule has 0 aromatic heterocycles. The lowest BCUT2D eigenvalue weighted by Gasteiger charge is -2.34. The van der Waals surface area contributed by atoms with Gasteiger partial charge in [0.05, 0.1) is 42.7 Å². The summed E-state index contributed by atoms with van der Waals surface area (Å²) >= 11 is 6.05. The summed E-state index contributed by atoms with van der Waals surface area (Å²) in [6.45, 7) is 4.00. The zero-order chi connectivity index (χ0) is 17.8. The number of benzene rings is 2. The summed E-state index contributed by atoms with van der Waals surface area (Å²) < 4.78 is 28.5. The smallest absolute Gasteiger partial charge is 0.264 e. The molecule has 0 amide bonds. The van der Waals surface area contributed by atoms with Gasteiger partial charge < -0.3 is 4.90 Å². The zero-order valence-electron chi connectivity index (χ0n) is 14.4. The molecule has 0 spiro atoms. The van der Waals surface area contributed by atoms with Crippen molar-refractivity contribution in [2.75, 3.05) is 24.4 Å². The lowest BCUT2D eigenvalue weighted by Crippen LogP contribution is -3.11. The molecule has 0 radical (unpaired) electrons. The molecular weight excluding hydrogens is 356 g/mol. The predicted octanol–water partition coefficient (Wildman–Crippen LogP) is 2.23. The van der Waals surface area contributed by atoms with Crippen molar-refractivity contribution in [2.24, 2.45) is 0 Å². The second-order valence-corrected chi connectivity index (χ2v) is 9.45. The Hall–Kier alpha value is -1.56. The van der Waals surface area contributed by atoms with Crippen LogP contribution in [0.15, 0.2) is 47.4 Å². The molecule has 0 saturated carbocycles. The molecule has 1 N–H and O–H groups in total. The predicted molar refractivity (Wildman–Crippen MR) is 100 cm³/mol. The number of nitrogens with one attached hydrogen (secondary N) is 1. The van der Waals surface area contributed by atoms with E-state index < -0.39 is 10.0 Å². The second-order valence-electron chi connectivity index (χ2n) is 7.19. The van der Waals surface area contributed by atoms with Crippen molar-refractivity contribution in [3.8, 4) is 0 Å². The van der Waals surface area contributed by atoms with Crippen molar-refractivity contribution in [1.82, 2.24) is 0 Å². The Morgan fingerprint density at radius 1 is 1.20 bits per heavy atom. The van der Waals surface area contributed by atoms with E-state index in [1.54, 1.807) is 22.5 Å². The van der Waals surface area contributed by atoms with Crippen LogP contribution in [-0.2, 0) is 10.0 Å². The summed E-state index contributed by atoms with van der Waals surface area (Å²) in [5, 5.41) is 0.439. The van der Waals surface area contributed by atoms with Gasteiger partial charge in [0.2, 0.25) is 0 Å². The van der Waals surface area contributed by atoms with E-state index in [0.717, 1.165) is 30.8 Å². The number of likely N-dealkylation sites (N-methyl/N-ethyl adjacent to an activating group) is 1. The fourth-order valence-electron chi connectivity index (χ4n) is 4.21. The monoisotopic (exact) mass is 377 g/mol. The van der Waals surface area contributed by atoms with Gasteiger partial charge in [-0.15, -0.1) is 0 Å². The second kappa shape index (κ2) is 6.01. The molecule has 2 aromatic rings. The maximum atomic E-state index is 13.4. The largest absolute Gasteiger partial charge is 0.337 e. The van der Waals surface area contributed by atoms with Crippen LogP contribution in [0.2, 0.25) is 5.02 Å². The van der Waals surface area contributed by atoms with Gasteiger partial charge in [-0.25, -0.2) is 8.42 Å². The molecular formula is C19H22ClN2O2S+. The van der Waals surface area contributed by atoms with Crippen LogP contribution in [0.4, 0.5) is 5.69 Å². The van der Waals surface area contributed by atoms with E-state index in [1.165, 1.54) is 16.5 Å². The van der Waals surface area contributed by atoms with E-state index in [2.05, 4.69) is 20.0 Å². The van der Waals surface area contributed by atoms with E-state index in [-0.39, 0.29) is 16.9 Å². The fraction of sp³-hybridized carbons (Fsp3) is 0.368. The van der Waals surface area contributed by atoms with Gasteiger partial charge in [0, 0.05) is 11.4 Å². The third-order valence-corrected chi connectivity index (χ3v) is 7.44.